The Morgan fingerprint density at radius 3 is 2.92 bits per heavy atom. The zero-order valence-corrected chi connectivity index (χ0v) is 7.71. The number of hydrogen-bond donors (Lipinski definition) is 1. The quantitative estimate of drug-likeness (QED) is 0.685. The first-order valence-electron chi connectivity index (χ1n) is 4.59. The molecule has 0 spiro atoms. The highest BCUT2D eigenvalue weighted by atomic mass is 16.5. The monoisotopic (exact) mass is 174 g/mol. The van der Waals surface area contributed by atoms with Crippen LogP contribution in [0.25, 0.3) is 0 Å². The standard InChI is InChI=1S/C9H18O3/c1-2-11-7-9(6-10)4-3-5-12-8-9/h10H,2-8H2,1H3. The van der Waals surface area contributed by atoms with Crippen LogP contribution in [0.15, 0.2) is 0 Å². The van der Waals surface area contributed by atoms with Crippen molar-refractivity contribution in [3.05, 3.63) is 0 Å². The van der Waals surface area contributed by atoms with Crippen LogP contribution in [-0.2, 0) is 9.47 Å². The molecule has 0 radical (unpaired) electrons. The molecule has 1 N–H and O–H groups in total. The molecule has 72 valence electrons. The molecule has 1 rings (SSSR count). The summed E-state index contributed by atoms with van der Waals surface area (Å²) in [4.78, 5) is 0. The third kappa shape index (κ3) is 2.44. The summed E-state index contributed by atoms with van der Waals surface area (Å²) in [7, 11) is 0. The van der Waals surface area contributed by atoms with Crippen LogP contribution in [0.5, 0.6) is 0 Å². The fourth-order valence-corrected chi connectivity index (χ4v) is 1.51. The van der Waals surface area contributed by atoms with Gasteiger partial charge in [0.05, 0.1) is 19.8 Å². The second-order valence-corrected chi connectivity index (χ2v) is 3.45. The summed E-state index contributed by atoms with van der Waals surface area (Å²) >= 11 is 0. The first-order valence-corrected chi connectivity index (χ1v) is 4.59. The Morgan fingerprint density at radius 1 is 1.58 bits per heavy atom. The molecule has 12 heavy (non-hydrogen) atoms. The molecule has 0 aromatic heterocycles. The molecule has 1 atom stereocenters. The lowest BCUT2D eigenvalue weighted by Crippen LogP contribution is -2.39. The minimum atomic E-state index is -0.117. The predicted molar refractivity (Wildman–Crippen MR) is 46.1 cm³/mol. The van der Waals surface area contributed by atoms with E-state index in [1.54, 1.807) is 0 Å². The third-order valence-corrected chi connectivity index (χ3v) is 2.35. The molecule has 0 aromatic carbocycles. The summed E-state index contributed by atoms with van der Waals surface area (Å²) in [5.41, 5.74) is -0.117. The average Bonchev–Trinajstić information content (AvgIpc) is 2.16. The molecular formula is C9H18O3. The molecular weight excluding hydrogens is 156 g/mol. The highest BCUT2D eigenvalue weighted by Crippen LogP contribution is 2.28. The van der Waals surface area contributed by atoms with E-state index in [9.17, 15) is 5.11 Å². The lowest BCUT2D eigenvalue weighted by atomic mass is 9.84. The number of ether oxygens (including phenoxy) is 2. The smallest absolute Gasteiger partial charge is 0.0566 e. The van der Waals surface area contributed by atoms with Gasteiger partial charge in [-0.15, -0.1) is 0 Å². The van der Waals surface area contributed by atoms with Crippen molar-refractivity contribution in [1.29, 1.82) is 0 Å². The van der Waals surface area contributed by atoms with Crippen LogP contribution < -0.4 is 0 Å². The van der Waals surface area contributed by atoms with Gasteiger partial charge < -0.3 is 14.6 Å². The Bertz CT molecular complexity index is 119. The van der Waals surface area contributed by atoms with Gasteiger partial charge in [-0.1, -0.05) is 0 Å². The van der Waals surface area contributed by atoms with Gasteiger partial charge in [-0.2, -0.15) is 0 Å². The number of hydrogen-bond acceptors (Lipinski definition) is 3. The summed E-state index contributed by atoms with van der Waals surface area (Å²) < 4.78 is 10.7. The number of aliphatic hydroxyl groups is 1. The van der Waals surface area contributed by atoms with Crippen molar-refractivity contribution in [2.24, 2.45) is 5.41 Å². The summed E-state index contributed by atoms with van der Waals surface area (Å²) in [5, 5.41) is 9.21. The van der Waals surface area contributed by atoms with Crippen LogP contribution in [0.4, 0.5) is 0 Å². The maximum Gasteiger partial charge on any atom is 0.0566 e. The molecule has 0 bridgehead atoms. The summed E-state index contributed by atoms with van der Waals surface area (Å²) in [6, 6.07) is 0. The van der Waals surface area contributed by atoms with E-state index in [0.717, 1.165) is 19.4 Å². The van der Waals surface area contributed by atoms with E-state index in [-0.39, 0.29) is 12.0 Å². The molecule has 3 nitrogen and oxygen atoms in total. The van der Waals surface area contributed by atoms with E-state index in [1.165, 1.54) is 0 Å². The summed E-state index contributed by atoms with van der Waals surface area (Å²) in [6.45, 7) is 4.95. The van der Waals surface area contributed by atoms with E-state index in [2.05, 4.69) is 0 Å². The molecule has 1 heterocycles. The van der Waals surface area contributed by atoms with E-state index in [1.807, 2.05) is 6.92 Å². The maximum atomic E-state index is 9.21. The van der Waals surface area contributed by atoms with Gasteiger partial charge in [-0.3, -0.25) is 0 Å². The van der Waals surface area contributed by atoms with E-state index < -0.39 is 0 Å². The summed E-state index contributed by atoms with van der Waals surface area (Å²) in [6.07, 6.45) is 2.05. The Balaban J connectivity index is 2.37. The SMILES string of the molecule is CCOCC1(CO)CCCOC1. The van der Waals surface area contributed by atoms with Gasteiger partial charge in [-0.05, 0) is 19.8 Å². The maximum absolute atomic E-state index is 9.21. The van der Waals surface area contributed by atoms with Gasteiger partial charge >= 0.3 is 0 Å². The first kappa shape index (κ1) is 9.96. The van der Waals surface area contributed by atoms with Crippen LogP contribution in [0.1, 0.15) is 19.8 Å². The second kappa shape index (κ2) is 4.80. The van der Waals surface area contributed by atoms with Gasteiger partial charge in [0.2, 0.25) is 0 Å². The molecule has 0 saturated carbocycles. The number of aliphatic hydroxyl groups excluding tert-OH is 1. The molecule has 1 aliphatic heterocycles. The Kier molecular flexibility index (Phi) is 3.98. The highest BCUT2D eigenvalue weighted by molar-refractivity contribution is 4.80. The Morgan fingerprint density at radius 2 is 2.42 bits per heavy atom. The fraction of sp³-hybridized carbons (Fsp3) is 1.00. The fourth-order valence-electron chi connectivity index (χ4n) is 1.51. The second-order valence-electron chi connectivity index (χ2n) is 3.45. The van der Waals surface area contributed by atoms with E-state index in [0.29, 0.717) is 19.8 Å². The van der Waals surface area contributed by atoms with Crippen molar-refractivity contribution in [3.8, 4) is 0 Å². The van der Waals surface area contributed by atoms with E-state index >= 15 is 0 Å². The van der Waals surface area contributed by atoms with Gasteiger partial charge in [-0.25, -0.2) is 0 Å². The zero-order valence-electron chi connectivity index (χ0n) is 7.71. The van der Waals surface area contributed by atoms with Gasteiger partial charge in [0.1, 0.15) is 0 Å². The minimum absolute atomic E-state index is 0.117. The topological polar surface area (TPSA) is 38.7 Å². The van der Waals surface area contributed by atoms with Crippen LogP contribution in [0.3, 0.4) is 0 Å². The lowest BCUT2D eigenvalue weighted by Gasteiger charge is -2.34. The zero-order chi connectivity index (χ0) is 8.86. The van der Waals surface area contributed by atoms with Crippen molar-refractivity contribution in [3.63, 3.8) is 0 Å². The van der Waals surface area contributed by atoms with Crippen LogP contribution >= 0.6 is 0 Å². The molecule has 1 fully saturated rings. The predicted octanol–water partition coefficient (Wildman–Crippen LogP) is 0.812. The molecule has 0 aromatic rings. The molecule has 0 aliphatic carbocycles. The van der Waals surface area contributed by atoms with Crippen molar-refractivity contribution < 1.29 is 14.6 Å². The molecule has 1 unspecified atom stereocenters. The number of rotatable bonds is 4. The van der Waals surface area contributed by atoms with Crippen LogP contribution in [-0.4, -0.2) is 38.1 Å². The summed E-state index contributed by atoms with van der Waals surface area (Å²) in [5.74, 6) is 0. The normalized spacial score (nSPS) is 30.5. The van der Waals surface area contributed by atoms with Crippen molar-refractivity contribution in [1.82, 2.24) is 0 Å². The minimum Gasteiger partial charge on any atom is -0.396 e. The largest absolute Gasteiger partial charge is 0.396 e. The van der Waals surface area contributed by atoms with Gasteiger partial charge in [0, 0.05) is 18.6 Å². The van der Waals surface area contributed by atoms with Crippen molar-refractivity contribution in [2.45, 2.75) is 19.8 Å². The van der Waals surface area contributed by atoms with Crippen molar-refractivity contribution >= 4 is 0 Å². The van der Waals surface area contributed by atoms with Gasteiger partial charge in [0.25, 0.3) is 0 Å². The first-order chi connectivity index (χ1) is 5.83. The lowest BCUT2D eigenvalue weighted by molar-refractivity contribution is -0.0817. The Hall–Kier alpha value is -0.120. The van der Waals surface area contributed by atoms with Crippen LogP contribution in [0, 0.1) is 5.41 Å². The molecule has 0 amide bonds. The molecule has 1 aliphatic rings. The van der Waals surface area contributed by atoms with Crippen molar-refractivity contribution in [2.75, 3.05) is 33.0 Å². The highest BCUT2D eigenvalue weighted by Gasteiger charge is 2.32. The van der Waals surface area contributed by atoms with Gasteiger partial charge in [0.15, 0.2) is 0 Å². The Labute approximate surface area is 73.7 Å². The van der Waals surface area contributed by atoms with E-state index in [4.69, 9.17) is 9.47 Å². The molecule has 1 saturated heterocycles. The molecule has 3 heteroatoms. The average molecular weight is 174 g/mol. The third-order valence-electron chi connectivity index (χ3n) is 2.35. The van der Waals surface area contributed by atoms with Crippen LogP contribution in [0.2, 0.25) is 0 Å².